The van der Waals surface area contributed by atoms with Crippen LogP contribution in [-0.4, -0.2) is 5.91 Å². The molecule has 3 nitrogen and oxygen atoms in total. The molecule has 2 aromatic carbocycles. The largest absolute Gasteiger partial charge is 0.461 e. The SMILES string of the molecule is Cc1oc(-c2ccc(Br)cc2)cc1C(=O)Nc1ccccc1F. The van der Waals surface area contributed by atoms with Gasteiger partial charge < -0.3 is 9.73 Å². The maximum absolute atomic E-state index is 13.6. The van der Waals surface area contributed by atoms with E-state index in [0.29, 0.717) is 17.1 Å². The Morgan fingerprint density at radius 1 is 1.13 bits per heavy atom. The lowest BCUT2D eigenvalue weighted by Crippen LogP contribution is -2.13. The molecule has 3 rings (SSSR count). The van der Waals surface area contributed by atoms with Gasteiger partial charge in [-0.1, -0.05) is 40.2 Å². The molecule has 116 valence electrons. The molecule has 0 saturated heterocycles. The van der Waals surface area contributed by atoms with Crippen LogP contribution in [0.3, 0.4) is 0 Å². The molecule has 0 aliphatic rings. The summed E-state index contributed by atoms with van der Waals surface area (Å²) in [4.78, 5) is 12.3. The van der Waals surface area contributed by atoms with Gasteiger partial charge in [-0.05, 0) is 37.3 Å². The van der Waals surface area contributed by atoms with Gasteiger partial charge in [-0.25, -0.2) is 4.39 Å². The second-order valence-corrected chi connectivity index (χ2v) is 5.94. The van der Waals surface area contributed by atoms with Crippen molar-refractivity contribution >= 4 is 27.5 Å². The summed E-state index contributed by atoms with van der Waals surface area (Å²) in [5.74, 6) is 0.195. The minimum absolute atomic E-state index is 0.142. The van der Waals surface area contributed by atoms with Gasteiger partial charge in [0.25, 0.3) is 5.91 Å². The zero-order valence-electron chi connectivity index (χ0n) is 12.3. The molecule has 0 unspecified atom stereocenters. The highest BCUT2D eigenvalue weighted by molar-refractivity contribution is 9.10. The van der Waals surface area contributed by atoms with Crippen molar-refractivity contribution in [3.05, 3.63) is 76.2 Å². The first-order valence-electron chi connectivity index (χ1n) is 6.97. The molecule has 1 aromatic heterocycles. The van der Waals surface area contributed by atoms with E-state index in [1.165, 1.54) is 12.1 Å². The lowest BCUT2D eigenvalue weighted by molar-refractivity contribution is 0.102. The molecule has 5 heteroatoms. The van der Waals surface area contributed by atoms with Gasteiger partial charge in [0.05, 0.1) is 11.3 Å². The van der Waals surface area contributed by atoms with Crippen LogP contribution in [0.15, 0.2) is 63.5 Å². The summed E-state index contributed by atoms with van der Waals surface area (Å²) < 4.78 is 20.3. The molecule has 0 radical (unpaired) electrons. The highest BCUT2D eigenvalue weighted by atomic mass is 79.9. The summed E-state index contributed by atoms with van der Waals surface area (Å²) >= 11 is 3.37. The van der Waals surface area contributed by atoms with Gasteiger partial charge in [0, 0.05) is 10.0 Å². The van der Waals surface area contributed by atoms with Gasteiger partial charge in [0.2, 0.25) is 0 Å². The molecule has 23 heavy (non-hydrogen) atoms. The highest BCUT2D eigenvalue weighted by Gasteiger charge is 2.17. The summed E-state index contributed by atoms with van der Waals surface area (Å²) in [6, 6.07) is 15.3. The van der Waals surface area contributed by atoms with E-state index in [-0.39, 0.29) is 5.69 Å². The quantitative estimate of drug-likeness (QED) is 0.666. The zero-order valence-corrected chi connectivity index (χ0v) is 13.9. The summed E-state index contributed by atoms with van der Waals surface area (Å²) in [7, 11) is 0. The van der Waals surface area contributed by atoms with Crippen LogP contribution in [0, 0.1) is 12.7 Å². The minimum atomic E-state index is -0.477. The van der Waals surface area contributed by atoms with Gasteiger partial charge in [0.1, 0.15) is 17.3 Å². The number of para-hydroxylation sites is 1. The summed E-state index contributed by atoms with van der Waals surface area (Å²) in [6.07, 6.45) is 0. The second-order valence-electron chi connectivity index (χ2n) is 5.02. The number of halogens is 2. The molecule has 0 aliphatic carbocycles. The van der Waals surface area contributed by atoms with E-state index in [9.17, 15) is 9.18 Å². The van der Waals surface area contributed by atoms with Crippen molar-refractivity contribution in [3.63, 3.8) is 0 Å². The first-order valence-corrected chi connectivity index (χ1v) is 7.76. The topological polar surface area (TPSA) is 42.2 Å². The van der Waals surface area contributed by atoms with Crippen molar-refractivity contribution in [2.75, 3.05) is 5.32 Å². The van der Waals surface area contributed by atoms with Crippen LogP contribution in [0.2, 0.25) is 0 Å². The lowest BCUT2D eigenvalue weighted by atomic mass is 10.1. The van der Waals surface area contributed by atoms with Crippen molar-refractivity contribution < 1.29 is 13.6 Å². The van der Waals surface area contributed by atoms with Gasteiger partial charge in [-0.2, -0.15) is 0 Å². The Balaban J connectivity index is 1.87. The lowest BCUT2D eigenvalue weighted by Gasteiger charge is -2.04. The summed E-state index contributed by atoms with van der Waals surface area (Å²) in [5.41, 5.74) is 1.38. The first-order chi connectivity index (χ1) is 11.0. The van der Waals surface area contributed by atoms with E-state index in [1.807, 2.05) is 24.3 Å². The molecule has 3 aromatic rings. The van der Waals surface area contributed by atoms with Crippen LogP contribution in [0.5, 0.6) is 0 Å². The molecule has 1 N–H and O–H groups in total. The second kappa shape index (κ2) is 6.38. The van der Waals surface area contributed by atoms with Crippen molar-refractivity contribution in [2.45, 2.75) is 6.92 Å². The zero-order chi connectivity index (χ0) is 16.4. The first kappa shape index (κ1) is 15.5. The number of anilines is 1. The van der Waals surface area contributed by atoms with Crippen LogP contribution >= 0.6 is 15.9 Å². The molecule has 1 amide bonds. The third kappa shape index (κ3) is 3.35. The fourth-order valence-electron chi connectivity index (χ4n) is 2.22. The fraction of sp³-hybridized carbons (Fsp3) is 0.0556. The molecule has 0 bridgehead atoms. The Bertz CT molecular complexity index is 856. The van der Waals surface area contributed by atoms with Crippen molar-refractivity contribution in [1.29, 1.82) is 0 Å². The number of hydrogen-bond acceptors (Lipinski definition) is 2. The molecular weight excluding hydrogens is 361 g/mol. The molecule has 0 saturated carbocycles. The van der Waals surface area contributed by atoms with Crippen molar-refractivity contribution in [1.82, 2.24) is 0 Å². The third-order valence-electron chi connectivity index (χ3n) is 3.41. The van der Waals surface area contributed by atoms with E-state index in [4.69, 9.17) is 4.42 Å². The Morgan fingerprint density at radius 2 is 1.83 bits per heavy atom. The van der Waals surface area contributed by atoms with Crippen molar-refractivity contribution in [2.24, 2.45) is 0 Å². The van der Waals surface area contributed by atoms with Crippen LogP contribution in [-0.2, 0) is 0 Å². The number of amides is 1. The number of carbonyl (C=O) groups is 1. The maximum Gasteiger partial charge on any atom is 0.259 e. The number of nitrogens with one attached hydrogen (secondary N) is 1. The third-order valence-corrected chi connectivity index (χ3v) is 3.94. The van der Waals surface area contributed by atoms with Crippen molar-refractivity contribution in [3.8, 4) is 11.3 Å². The monoisotopic (exact) mass is 373 g/mol. The average molecular weight is 374 g/mol. The van der Waals surface area contributed by atoms with Gasteiger partial charge >= 0.3 is 0 Å². The number of furan rings is 1. The van der Waals surface area contributed by atoms with Crippen LogP contribution < -0.4 is 5.32 Å². The van der Waals surface area contributed by atoms with Gasteiger partial charge in [-0.3, -0.25) is 4.79 Å². The standard InChI is InChI=1S/C18H13BrFNO2/c1-11-14(18(22)21-16-5-3-2-4-15(16)20)10-17(23-11)12-6-8-13(19)9-7-12/h2-10H,1H3,(H,21,22). The molecule has 0 fully saturated rings. The fourth-order valence-corrected chi connectivity index (χ4v) is 2.48. The number of rotatable bonds is 3. The van der Waals surface area contributed by atoms with E-state index in [2.05, 4.69) is 21.2 Å². The smallest absolute Gasteiger partial charge is 0.259 e. The maximum atomic E-state index is 13.6. The molecule has 1 heterocycles. The Morgan fingerprint density at radius 3 is 2.52 bits per heavy atom. The summed E-state index contributed by atoms with van der Waals surface area (Å²) in [5, 5.41) is 2.56. The predicted octanol–water partition coefficient (Wildman–Crippen LogP) is 5.41. The number of benzene rings is 2. The van der Waals surface area contributed by atoms with Crippen LogP contribution in [0.1, 0.15) is 16.1 Å². The minimum Gasteiger partial charge on any atom is -0.461 e. The average Bonchev–Trinajstić information content (AvgIpc) is 2.92. The molecule has 0 spiro atoms. The highest BCUT2D eigenvalue weighted by Crippen LogP contribution is 2.27. The normalized spacial score (nSPS) is 10.6. The number of carbonyl (C=O) groups excluding carboxylic acids is 1. The van der Waals surface area contributed by atoms with Gasteiger partial charge in [0.15, 0.2) is 0 Å². The Hall–Kier alpha value is -2.40. The predicted molar refractivity (Wildman–Crippen MR) is 90.9 cm³/mol. The van der Waals surface area contributed by atoms with E-state index in [0.717, 1.165) is 10.0 Å². The molecular formula is C18H13BrFNO2. The molecule has 0 atom stereocenters. The van der Waals surface area contributed by atoms with E-state index < -0.39 is 11.7 Å². The number of aryl methyl sites for hydroxylation is 1. The summed E-state index contributed by atoms with van der Waals surface area (Å²) in [6.45, 7) is 1.71. The van der Waals surface area contributed by atoms with Crippen LogP contribution in [0.25, 0.3) is 11.3 Å². The Kier molecular flexibility index (Phi) is 4.30. The van der Waals surface area contributed by atoms with Gasteiger partial charge in [-0.15, -0.1) is 0 Å². The van der Waals surface area contributed by atoms with E-state index >= 15 is 0 Å². The number of hydrogen-bond donors (Lipinski definition) is 1. The van der Waals surface area contributed by atoms with E-state index in [1.54, 1.807) is 25.1 Å². The molecule has 0 aliphatic heterocycles. The Labute approximate surface area is 141 Å². The van der Waals surface area contributed by atoms with Crippen LogP contribution in [0.4, 0.5) is 10.1 Å².